The Hall–Kier alpha value is -11.8. The predicted molar refractivity (Wildman–Crippen MR) is 400 cm³/mol. The van der Waals surface area contributed by atoms with Crippen molar-refractivity contribution in [3.63, 3.8) is 0 Å². The minimum Gasteiger partial charge on any atom is -0.454 e. The van der Waals surface area contributed by atoms with Crippen molar-refractivity contribution >= 4 is 129 Å². The molecular weight excluding hydrogens is 1180 g/mol. The van der Waals surface area contributed by atoms with E-state index in [9.17, 15) is 0 Å². The second-order valence-electron chi connectivity index (χ2n) is 24.2. The predicted octanol–water partition coefficient (Wildman–Crippen LogP) is 25.8. The minimum atomic E-state index is 0.897. The second-order valence-corrected chi connectivity index (χ2v) is 26.3. The van der Waals surface area contributed by atoms with Gasteiger partial charge in [-0.3, -0.25) is 0 Å². The Bertz CT molecular complexity index is 6340. The number of furan rings is 2. The quantitative estimate of drug-likeness (QED) is 0.152. The van der Waals surface area contributed by atoms with Crippen molar-refractivity contribution in [2.24, 2.45) is 0 Å². The number of thiophene rings is 2. The van der Waals surface area contributed by atoms with Crippen LogP contribution in [0.1, 0.15) is 0 Å². The van der Waals surface area contributed by atoms with Crippen molar-refractivity contribution in [1.82, 2.24) is 9.13 Å². The highest BCUT2D eigenvalue weighted by Gasteiger charge is 2.23. The lowest BCUT2D eigenvalue weighted by Crippen LogP contribution is -1.92. The maximum atomic E-state index is 6.55. The molecule has 4 nitrogen and oxygen atoms in total. The van der Waals surface area contributed by atoms with Gasteiger partial charge in [0, 0.05) is 73.3 Å². The van der Waals surface area contributed by atoms with E-state index in [0.29, 0.717) is 0 Å². The van der Waals surface area contributed by atoms with Gasteiger partial charge in [-0.25, -0.2) is 0 Å². The van der Waals surface area contributed by atoms with Gasteiger partial charge >= 0.3 is 0 Å². The van der Waals surface area contributed by atoms with Crippen molar-refractivity contribution < 1.29 is 8.83 Å². The van der Waals surface area contributed by atoms with Gasteiger partial charge in [0.1, 0.15) is 22.2 Å². The number of hydrogen-bond donors (Lipinski definition) is 0. The first-order chi connectivity index (χ1) is 46.6. The Morgan fingerprint density at radius 1 is 0.234 bits per heavy atom. The Morgan fingerprint density at radius 2 is 0.628 bits per heavy atom. The molecule has 0 radical (unpaired) electrons. The molecule has 0 unspecified atom stereocenters. The second kappa shape index (κ2) is 22.0. The summed E-state index contributed by atoms with van der Waals surface area (Å²) in [6.45, 7) is 0. The van der Waals surface area contributed by atoms with E-state index in [4.69, 9.17) is 8.83 Å². The summed E-state index contributed by atoms with van der Waals surface area (Å²) in [7, 11) is 0. The fourth-order valence-electron chi connectivity index (χ4n) is 14.5. The highest BCUT2D eigenvalue weighted by Crippen LogP contribution is 2.48. The molecule has 0 bridgehead atoms. The van der Waals surface area contributed by atoms with Gasteiger partial charge in [0.15, 0.2) is 11.2 Å². The van der Waals surface area contributed by atoms with Crippen LogP contribution in [0, 0.1) is 0 Å². The van der Waals surface area contributed by atoms with E-state index in [1.807, 2.05) is 22.7 Å². The summed E-state index contributed by atoms with van der Waals surface area (Å²) in [6.07, 6.45) is 0. The molecule has 6 heteroatoms. The summed E-state index contributed by atoms with van der Waals surface area (Å²) in [5.74, 6) is 0. The van der Waals surface area contributed by atoms with E-state index in [1.54, 1.807) is 0 Å². The van der Waals surface area contributed by atoms with Crippen LogP contribution in [0.4, 0.5) is 0 Å². The zero-order valence-corrected chi connectivity index (χ0v) is 52.3. The maximum Gasteiger partial charge on any atom is 0.161 e. The number of fused-ring (bicyclic) bond motifs is 16. The van der Waals surface area contributed by atoms with E-state index >= 15 is 0 Å². The third-order valence-corrected chi connectivity index (χ3v) is 21.2. The van der Waals surface area contributed by atoms with Crippen molar-refractivity contribution in [3.05, 3.63) is 328 Å². The number of para-hydroxylation sites is 4. The number of rotatable bonds is 8. The molecule has 6 aromatic heterocycles. The lowest BCUT2D eigenvalue weighted by molar-refractivity contribution is 0.672. The van der Waals surface area contributed by atoms with Crippen molar-refractivity contribution in [2.75, 3.05) is 0 Å². The lowest BCUT2D eigenvalue weighted by atomic mass is 9.95. The molecule has 0 saturated carbocycles. The van der Waals surface area contributed by atoms with Crippen molar-refractivity contribution in [3.8, 4) is 78.1 Å². The van der Waals surface area contributed by atoms with Crippen LogP contribution in [0.5, 0.6) is 0 Å². The first kappa shape index (κ1) is 54.0. The van der Waals surface area contributed by atoms with Gasteiger partial charge in [0.2, 0.25) is 0 Å². The molecule has 6 heterocycles. The number of aromatic nitrogens is 2. The lowest BCUT2D eigenvalue weighted by Gasteiger charge is -2.10. The molecule has 0 N–H and O–H groups in total. The topological polar surface area (TPSA) is 36.1 Å². The van der Waals surface area contributed by atoms with Crippen LogP contribution in [0.15, 0.2) is 336 Å². The molecule has 0 spiro atoms. The number of hydrogen-bond acceptors (Lipinski definition) is 4. The van der Waals surface area contributed by atoms with Crippen LogP contribution in [-0.4, -0.2) is 9.13 Å². The molecule has 0 amide bonds. The number of nitrogens with zero attached hydrogens (tertiary/aromatic N) is 2. The zero-order chi connectivity index (χ0) is 61.8. The monoisotopic (exact) mass is 1230 g/mol. The molecule has 0 atom stereocenters. The molecule has 14 aromatic carbocycles. The fourth-order valence-corrected chi connectivity index (χ4v) is 17.0. The van der Waals surface area contributed by atoms with E-state index in [0.717, 1.165) is 77.3 Å². The van der Waals surface area contributed by atoms with Crippen molar-refractivity contribution in [2.45, 2.75) is 0 Å². The molecule has 0 fully saturated rings. The van der Waals surface area contributed by atoms with Gasteiger partial charge in [-0.2, -0.15) is 0 Å². The molecule has 0 aliphatic rings. The SMILES string of the molecule is c1ccc(-c2ccc3sc4c(-c5cccc(-c6ccc7oc8c9ccccc9n(-c9ccccc9)c8c7c6)c5)cccc4c3c2)cc1.c1ccc(-c2cccc3c2sc2cccc(-c4cccc(-c5ccc6oc7c8ccccc8n(-c8ccccc8)c7c6c5)c4)c23)cc1. The summed E-state index contributed by atoms with van der Waals surface area (Å²) in [6, 6.07) is 118. The molecule has 20 rings (SSSR count). The Labute approximate surface area is 548 Å². The summed E-state index contributed by atoms with van der Waals surface area (Å²) in [5, 5.41) is 9.72. The molecular formula is C88H54N2O2S2. The molecule has 94 heavy (non-hydrogen) atoms. The summed E-state index contributed by atoms with van der Waals surface area (Å²) >= 11 is 3.76. The van der Waals surface area contributed by atoms with E-state index in [-0.39, 0.29) is 0 Å². The maximum absolute atomic E-state index is 6.55. The molecule has 440 valence electrons. The zero-order valence-electron chi connectivity index (χ0n) is 50.7. The van der Waals surface area contributed by atoms with Gasteiger partial charge in [-0.1, -0.05) is 224 Å². The van der Waals surface area contributed by atoms with Crippen molar-refractivity contribution in [1.29, 1.82) is 0 Å². The average Bonchev–Trinajstić information content (AvgIpc) is 1.57. The minimum absolute atomic E-state index is 0.897. The van der Waals surface area contributed by atoms with Gasteiger partial charge in [0.05, 0.1) is 11.0 Å². The number of benzene rings is 14. The van der Waals surface area contributed by atoms with Crippen LogP contribution in [0.3, 0.4) is 0 Å². The van der Waals surface area contributed by atoms with Crippen LogP contribution in [-0.2, 0) is 0 Å². The van der Waals surface area contributed by atoms with Gasteiger partial charge in [-0.05, 0) is 170 Å². The normalized spacial score (nSPS) is 11.8. The smallest absolute Gasteiger partial charge is 0.161 e. The third kappa shape index (κ3) is 8.79. The van der Waals surface area contributed by atoms with Gasteiger partial charge in [-0.15, -0.1) is 22.7 Å². The summed E-state index contributed by atoms with van der Waals surface area (Å²) in [4.78, 5) is 0. The van der Waals surface area contributed by atoms with E-state index in [1.165, 1.54) is 107 Å². The highest BCUT2D eigenvalue weighted by atomic mass is 32.1. The first-order valence-electron chi connectivity index (χ1n) is 31.9. The standard InChI is InChI=1S/2C44H27NOS/c1-3-12-28(13-4-1)34-20-10-21-36-41-33(19-11-23-40(41)47-44(34)36)31-15-9-14-29(26-31)30-24-25-39-37(27-30)42-43(46-39)35-18-7-8-22-38(35)45(42)32-16-5-2-6-17-32;1-3-11-28(12-4-1)30-22-24-41-37(26-30)35-19-10-18-34(44(35)47-41)32-14-9-13-29(25-32)31-21-23-40-38(27-31)42-43(46-40)36-17-7-8-20-39(36)45(42)33-15-5-2-6-16-33/h2*1-27H. The molecule has 0 aliphatic carbocycles. The third-order valence-electron chi connectivity index (χ3n) is 18.8. The molecule has 20 aromatic rings. The van der Waals surface area contributed by atoms with Crippen LogP contribution in [0.2, 0.25) is 0 Å². The largest absolute Gasteiger partial charge is 0.454 e. The van der Waals surface area contributed by atoms with Crippen LogP contribution < -0.4 is 0 Å². The summed E-state index contributed by atoms with van der Waals surface area (Å²) in [5.41, 5.74) is 25.1. The average molecular weight is 1240 g/mol. The Kier molecular flexibility index (Phi) is 12.6. The van der Waals surface area contributed by atoms with E-state index in [2.05, 4.69) is 337 Å². The highest BCUT2D eigenvalue weighted by molar-refractivity contribution is 7.26. The van der Waals surface area contributed by atoms with Crippen LogP contribution in [0.25, 0.3) is 184 Å². The van der Waals surface area contributed by atoms with Crippen LogP contribution >= 0.6 is 22.7 Å². The Morgan fingerprint density at radius 3 is 1.22 bits per heavy atom. The fraction of sp³-hybridized carbons (Fsp3) is 0. The summed E-state index contributed by atoms with van der Waals surface area (Å²) < 4.78 is 23.0. The Balaban J connectivity index is 0.000000133. The molecule has 0 saturated heterocycles. The van der Waals surface area contributed by atoms with Gasteiger partial charge < -0.3 is 18.0 Å². The van der Waals surface area contributed by atoms with Gasteiger partial charge in [0.25, 0.3) is 0 Å². The van der Waals surface area contributed by atoms with E-state index < -0.39 is 0 Å². The first-order valence-corrected chi connectivity index (χ1v) is 33.5. The molecule has 0 aliphatic heterocycles.